The van der Waals surface area contributed by atoms with Crippen LogP contribution in [0.15, 0.2) is 30.3 Å². The van der Waals surface area contributed by atoms with Gasteiger partial charge in [0.05, 0.1) is 0 Å². The van der Waals surface area contributed by atoms with E-state index in [4.69, 9.17) is 18.0 Å². The van der Waals surface area contributed by atoms with E-state index in [1.165, 1.54) is 0 Å². The zero-order valence-electron chi connectivity index (χ0n) is 9.27. The van der Waals surface area contributed by atoms with E-state index in [0.29, 0.717) is 6.42 Å². The second-order valence-corrected chi connectivity index (χ2v) is 4.03. The SMILES string of the molecule is CCCC(=O)NC(C(N)=S)c1ccccc1. The largest absolute Gasteiger partial charge is 0.391 e. The van der Waals surface area contributed by atoms with Crippen molar-refractivity contribution in [2.45, 2.75) is 25.8 Å². The molecular weight excluding hydrogens is 220 g/mol. The van der Waals surface area contributed by atoms with Gasteiger partial charge in [-0.1, -0.05) is 49.5 Å². The van der Waals surface area contributed by atoms with E-state index in [1.54, 1.807) is 0 Å². The standard InChI is InChI=1S/C12H16N2OS/c1-2-6-10(15)14-11(12(13)16)9-7-4-3-5-8-9/h3-5,7-8,11H,2,6H2,1H3,(H2,13,16)(H,14,15). The molecule has 0 bridgehead atoms. The van der Waals surface area contributed by atoms with E-state index in [0.717, 1.165) is 12.0 Å². The Morgan fingerprint density at radius 2 is 2.06 bits per heavy atom. The van der Waals surface area contributed by atoms with Crippen LogP contribution in [-0.2, 0) is 4.79 Å². The molecule has 0 aliphatic rings. The Balaban J connectivity index is 2.77. The Hall–Kier alpha value is -1.42. The number of amides is 1. The summed E-state index contributed by atoms with van der Waals surface area (Å²) in [5.41, 5.74) is 6.55. The van der Waals surface area contributed by atoms with Crippen molar-refractivity contribution in [3.8, 4) is 0 Å². The molecule has 0 aromatic heterocycles. The second kappa shape index (κ2) is 6.23. The lowest BCUT2D eigenvalue weighted by Crippen LogP contribution is -2.36. The Morgan fingerprint density at radius 1 is 1.44 bits per heavy atom. The lowest BCUT2D eigenvalue weighted by atomic mass is 10.1. The molecule has 86 valence electrons. The first-order valence-electron chi connectivity index (χ1n) is 5.28. The fourth-order valence-electron chi connectivity index (χ4n) is 1.42. The highest BCUT2D eigenvalue weighted by Crippen LogP contribution is 2.13. The van der Waals surface area contributed by atoms with Gasteiger partial charge in [-0.15, -0.1) is 0 Å². The minimum atomic E-state index is -0.366. The smallest absolute Gasteiger partial charge is 0.220 e. The number of hydrogen-bond donors (Lipinski definition) is 2. The van der Waals surface area contributed by atoms with Gasteiger partial charge in [0.15, 0.2) is 0 Å². The quantitative estimate of drug-likeness (QED) is 0.768. The maximum absolute atomic E-state index is 11.5. The molecule has 0 saturated heterocycles. The number of nitrogens with one attached hydrogen (secondary N) is 1. The summed E-state index contributed by atoms with van der Waals surface area (Å²) in [6, 6.07) is 9.13. The topological polar surface area (TPSA) is 55.1 Å². The van der Waals surface area contributed by atoms with Gasteiger partial charge in [0.1, 0.15) is 11.0 Å². The molecule has 1 aromatic carbocycles. The summed E-state index contributed by atoms with van der Waals surface area (Å²) < 4.78 is 0. The van der Waals surface area contributed by atoms with E-state index in [1.807, 2.05) is 37.3 Å². The maximum atomic E-state index is 11.5. The average Bonchev–Trinajstić information content (AvgIpc) is 2.27. The van der Waals surface area contributed by atoms with Gasteiger partial charge in [0.25, 0.3) is 0 Å². The van der Waals surface area contributed by atoms with Gasteiger partial charge in [0, 0.05) is 6.42 Å². The first-order valence-corrected chi connectivity index (χ1v) is 5.69. The van der Waals surface area contributed by atoms with Crippen molar-refractivity contribution in [3.63, 3.8) is 0 Å². The molecule has 1 amide bonds. The van der Waals surface area contributed by atoms with Crippen LogP contribution in [0, 0.1) is 0 Å². The van der Waals surface area contributed by atoms with Gasteiger partial charge in [-0.3, -0.25) is 4.79 Å². The minimum Gasteiger partial charge on any atom is -0.391 e. The fourth-order valence-corrected chi connectivity index (χ4v) is 1.62. The molecule has 3 N–H and O–H groups in total. The van der Waals surface area contributed by atoms with Crippen LogP contribution < -0.4 is 11.1 Å². The van der Waals surface area contributed by atoms with E-state index in [2.05, 4.69) is 5.32 Å². The normalized spacial score (nSPS) is 11.8. The predicted molar refractivity (Wildman–Crippen MR) is 69.0 cm³/mol. The zero-order chi connectivity index (χ0) is 12.0. The van der Waals surface area contributed by atoms with E-state index in [9.17, 15) is 4.79 Å². The molecule has 1 atom stereocenters. The molecule has 0 aliphatic carbocycles. The number of carbonyl (C=O) groups is 1. The van der Waals surface area contributed by atoms with Gasteiger partial charge in [0.2, 0.25) is 5.91 Å². The van der Waals surface area contributed by atoms with Crippen molar-refractivity contribution >= 4 is 23.1 Å². The monoisotopic (exact) mass is 236 g/mol. The van der Waals surface area contributed by atoms with Gasteiger partial charge < -0.3 is 11.1 Å². The number of nitrogens with two attached hydrogens (primary N) is 1. The third kappa shape index (κ3) is 3.62. The molecule has 16 heavy (non-hydrogen) atoms. The lowest BCUT2D eigenvalue weighted by molar-refractivity contribution is -0.121. The minimum absolute atomic E-state index is 0.0239. The van der Waals surface area contributed by atoms with Crippen LogP contribution in [0.25, 0.3) is 0 Å². The molecule has 3 nitrogen and oxygen atoms in total. The fraction of sp³-hybridized carbons (Fsp3) is 0.333. The summed E-state index contributed by atoms with van der Waals surface area (Å²) in [7, 11) is 0. The Morgan fingerprint density at radius 3 is 2.56 bits per heavy atom. The highest BCUT2D eigenvalue weighted by molar-refractivity contribution is 7.80. The zero-order valence-corrected chi connectivity index (χ0v) is 10.1. The third-order valence-electron chi connectivity index (χ3n) is 2.20. The van der Waals surface area contributed by atoms with Crippen molar-refractivity contribution in [1.29, 1.82) is 0 Å². The van der Waals surface area contributed by atoms with Crippen LogP contribution in [0.2, 0.25) is 0 Å². The first kappa shape index (κ1) is 12.6. The second-order valence-electron chi connectivity index (χ2n) is 3.56. The van der Waals surface area contributed by atoms with Crippen molar-refractivity contribution in [2.24, 2.45) is 5.73 Å². The lowest BCUT2D eigenvalue weighted by Gasteiger charge is -2.17. The van der Waals surface area contributed by atoms with Crippen molar-refractivity contribution in [3.05, 3.63) is 35.9 Å². The van der Waals surface area contributed by atoms with Crippen LogP contribution in [0.5, 0.6) is 0 Å². The number of carbonyl (C=O) groups excluding carboxylic acids is 1. The predicted octanol–water partition coefficient (Wildman–Crippen LogP) is 1.93. The summed E-state index contributed by atoms with van der Waals surface area (Å²) >= 11 is 4.96. The van der Waals surface area contributed by atoms with Crippen LogP contribution in [0.4, 0.5) is 0 Å². The Labute approximate surface area is 101 Å². The third-order valence-corrected chi connectivity index (χ3v) is 2.44. The molecule has 0 saturated carbocycles. The molecule has 1 aromatic rings. The Kier molecular flexibility index (Phi) is 4.92. The van der Waals surface area contributed by atoms with E-state index >= 15 is 0 Å². The van der Waals surface area contributed by atoms with Crippen molar-refractivity contribution < 1.29 is 4.79 Å². The number of hydrogen-bond acceptors (Lipinski definition) is 2. The summed E-state index contributed by atoms with van der Waals surface area (Å²) in [6.45, 7) is 1.96. The molecular formula is C12H16N2OS. The number of benzene rings is 1. The molecule has 4 heteroatoms. The van der Waals surface area contributed by atoms with Crippen molar-refractivity contribution in [1.82, 2.24) is 5.32 Å². The van der Waals surface area contributed by atoms with E-state index in [-0.39, 0.29) is 16.9 Å². The van der Waals surface area contributed by atoms with Crippen LogP contribution in [0.3, 0.4) is 0 Å². The van der Waals surface area contributed by atoms with Crippen LogP contribution in [0.1, 0.15) is 31.4 Å². The van der Waals surface area contributed by atoms with Crippen LogP contribution in [-0.4, -0.2) is 10.9 Å². The number of thiocarbonyl (C=S) groups is 1. The molecule has 0 fully saturated rings. The van der Waals surface area contributed by atoms with Gasteiger partial charge in [-0.2, -0.15) is 0 Å². The molecule has 0 heterocycles. The van der Waals surface area contributed by atoms with Crippen molar-refractivity contribution in [2.75, 3.05) is 0 Å². The summed E-state index contributed by atoms with van der Waals surface area (Å²) in [4.78, 5) is 11.8. The number of rotatable bonds is 5. The van der Waals surface area contributed by atoms with Gasteiger partial charge >= 0.3 is 0 Å². The highest BCUT2D eigenvalue weighted by Gasteiger charge is 2.16. The average molecular weight is 236 g/mol. The Bertz CT molecular complexity index is 365. The summed E-state index contributed by atoms with van der Waals surface area (Å²) in [6.07, 6.45) is 1.30. The summed E-state index contributed by atoms with van der Waals surface area (Å²) in [5.74, 6) is -0.0239. The highest BCUT2D eigenvalue weighted by atomic mass is 32.1. The molecule has 0 radical (unpaired) electrons. The molecule has 1 rings (SSSR count). The maximum Gasteiger partial charge on any atom is 0.220 e. The van der Waals surface area contributed by atoms with Gasteiger partial charge in [-0.05, 0) is 12.0 Å². The molecule has 0 spiro atoms. The van der Waals surface area contributed by atoms with Crippen LogP contribution >= 0.6 is 12.2 Å². The first-order chi connectivity index (χ1) is 7.65. The van der Waals surface area contributed by atoms with Gasteiger partial charge in [-0.25, -0.2) is 0 Å². The molecule has 0 aliphatic heterocycles. The van der Waals surface area contributed by atoms with E-state index < -0.39 is 0 Å². The molecule has 1 unspecified atom stereocenters. The summed E-state index contributed by atoms with van der Waals surface area (Å²) in [5, 5.41) is 2.83.